The highest BCUT2D eigenvalue weighted by molar-refractivity contribution is 6.04. The zero-order chi connectivity index (χ0) is 30.1. The number of carbonyl (C=O) groups is 2. The van der Waals surface area contributed by atoms with Gasteiger partial charge in [0.1, 0.15) is 37.0 Å². The molecule has 2 aromatic carbocycles. The van der Waals surface area contributed by atoms with Gasteiger partial charge in [-0.1, -0.05) is 38.1 Å². The molecule has 0 aromatic heterocycles. The summed E-state index contributed by atoms with van der Waals surface area (Å²) in [6.07, 6.45) is -0.674. The van der Waals surface area contributed by atoms with E-state index in [0.717, 1.165) is 7.11 Å². The van der Waals surface area contributed by atoms with E-state index >= 15 is 0 Å². The molecule has 41 heavy (non-hydrogen) atoms. The largest absolute Gasteiger partial charge is 0.491 e. The quantitative estimate of drug-likeness (QED) is 0.196. The molecule has 12 heteroatoms. The Kier molecular flexibility index (Phi) is 10.9. The monoisotopic (exact) mass is 566 g/mol. The number of benzene rings is 2. The summed E-state index contributed by atoms with van der Waals surface area (Å²) >= 11 is 0. The number of ether oxygens (including phenoxy) is 3. The molecule has 4 unspecified atom stereocenters. The topological polar surface area (TPSA) is 173 Å². The second-order valence-electron chi connectivity index (χ2n) is 9.88. The van der Waals surface area contributed by atoms with Crippen LogP contribution in [0.5, 0.6) is 5.75 Å². The molecule has 4 atom stereocenters. The molecular weight excluding hydrogens is 532 g/mol. The Morgan fingerprint density at radius 2 is 1.93 bits per heavy atom. The number of nitriles is 1. The summed E-state index contributed by atoms with van der Waals surface area (Å²) in [6, 6.07) is 12.8. The first-order valence-corrected chi connectivity index (χ1v) is 13.1. The summed E-state index contributed by atoms with van der Waals surface area (Å²) in [7, 11) is 1.16. The van der Waals surface area contributed by atoms with Crippen LogP contribution < -0.4 is 15.4 Å². The maximum Gasteiger partial charge on any atom is 0.336 e. The normalized spacial score (nSPS) is 19.3. The van der Waals surface area contributed by atoms with Crippen LogP contribution in [0, 0.1) is 27.4 Å². The molecule has 1 aliphatic rings. The van der Waals surface area contributed by atoms with Crippen molar-refractivity contribution in [3.63, 3.8) is 0 Å². The number of nitrogens with zero attached hydrogens (tertiary/aromatic N) is 2. The van der Waals surface area contributed by atoms with Gasteiger partial charge in [-0.05, 0) is 35.8 Å². The number of aliphatic hydroxyl groups excluding tert-OH is 1. The average Bonchev–Trinajstić information content (AvgIpc) is 2.97. The number of non-ortho nitro benzene ring substituents is 1. The standard InChI is InChI=1S/C29H34N4O8/c1-17(2)31-14-22(34)16-40-23-10-8-19(9-11-23)15-41-29(36)25-18(3)32-24(13-30)27(28(35)39-4)26(25)20-6-5-7-21(12-20)33(37)38/h5-12,17-18,22,24,27,31-32,34H,14-16H2,1-4H3. The Morgan fingerprint density at radius 3 is 2.54 bits per heavy atom. The molecule has 12 nitrogen and oxygen atoms in total. The summed E-state index contributed by atoms with van der Waals surface area (Å²) in [5, 5.41) is 37.3. The van der Waals surface area contributed by atoms with Gasteiger partial charge in [-0.15, -0.1) is 0 Å². The van der Waals surface area contributed by atoms with Gasteiger partial charge >= 0.3 is 11.9 Å². The van der Waals surface area contributed by atoms with Gasteiger partial charge < -0.3 is 24.6 Å². The smallest absolute Gasteiger partial charge is 0.336 e. The number of aliphatic hydroxyl groups is 1. The van der Waals surface area contributed by atoms with Gasteiger partial charge in [-0.25, -0.2) is 4.79 Å². The van der Waals surface area contributed by atoms with Crippen LogP contribution >= 0.6 is 0 Å². The maximum absolute atomic E-state index is 13.4. The number of rotatable bonds is 12. The Balaban J connectivity index is 1.84. The second-order valence-corrected chi connectivity index (χ2v) is 9.88. The second kappa shape index (κ2) is 14.4. The summed E-state index contributed by atoms with van der Waals surface area (Å²) in [5.74, 6) is -2.22. The number of hydrogen-bond donors (Lipinski definition) is 3. The Morgan fingerprint density at radius 1 is 1.22 bits per heavy atom. The van der Waals surface area contributed by atoms with Crippen LogP contribution in [-0.4, -0.2) is 66.5 Å². The summed E-state index contributed by atoms with van der Waals surface area (Å²) in [5.41, 5.74) is 0.856. The van der Waals surface area contributed by atoms with E-state index in [2.05, 4.69) is 10.6 Å². The van der Waals surface area contributed by atoms with Crippen molar-refractivity contribution in [1.82, 2.24) is 10.6 Å². The number of hydrogen-bond acceptors (Lipinski definition) is 11. The van der Waals surface area contributed by atoms with Crippen molar-refractivity contribution < 1.29 is 33.8 Å². The van der Waals surface area contributed by atoms with Crippen molar-refractivity contribution in [2.24, 2.45) is 5.92 Å². The molecule has 0 saturated heterocycles. The predicted molar refractivity (Wildman–Crippen MR) is 148 cm³/mol. The van der Waals surface area contributed by atoms with E-state index in [-0.39, 0.29) is 41.7 Å². The molecule has 0 spiro atoms. The SMILES string of the molecule is COC(=O)C1C(c2cccc([N+](=O)[O-])c2)=C(C(=O)OCc2ccc(OCC(O)CNC(C)C)cc2)C(C)NC1C#N. The van der Waals surface area contributed by atoms with Crippen molar-refractivity contribution in [3.05, 3.63) is 75.3 Å². The van der Waals surface area contributed by atoms with E-state index in [1.165, 1.54) is 24.3 Å². The van der Waals surface area contributed by atoms with E-state index in [4.69, 9.17) is 14.2 Å². The molecule has 2 aromatic rings. The van der Waals surface area contributed by atoms with Crippen molar-refractivity contribution in [3.8, 4) is 11.8 Å². The van der Waals surface area contributed by atoms with Crippen LogP contribution in [-0.2, 0) is 25.7 Å². The molecule has 1 aliphatic heterocycles. The highest BCUT2D eigenvalue weighted by Gasteiger charge is 2.43. The molecule has 3 rings (SSSR count). The van der Waals surface area contributed by atoms with Gasteiger partial charge in [-0.3, -0.25) is 20.2 Å². The average molecular weight is 567 g/mol. The van der Waals surface area contributed by atoms with Crippen molar-refractivity contribution in [2.75, 3.05) is 20.3 Å². The van der Waals surface area contributed by atoms with Crippen molar-refractivity contribution in [2.45, 2.75) is 51.6 Å². The van der Waals surface area contributed by atoms with E-state index in [0.29, 0.717) is 17.9 Å². The number of carbonyl (C=O) groups excluding carboxylic acids is 2. The lowest BCUT2D eigenvalue weighted by Gasteiger charge is -2.34. The molecule has 0 aliphatic carbocycles. The molecule has 0 saturated carbocycles. The molecule has 218 valence electrons. The molecule has 3 N–H and O–H groups in total. The van der Waals surface area contributed by atoms with Gasteiger partial charge in [0, 0.05) is 30.8 Å². The third kappa shape index (κ3) is 8.11. The first kappa shape index (κ1) is 31.2. The summed E-state index contributed by atoms with van der Waals surface area (Å²) < 4.78 is 16.1. The fraction of sp³-hybridized carbons (Fsp3) is 0.414. The third-order valence-electron chi connectivity index (χ3n) is 6.48. The number of nitro benzene ring substituents is 1. The van der Waals surface area contributed by atoms with Crippen molar-refractivity contribution >= 4 is 23.2 Å². The lowest BCUT2D eigenvalue weighted by molar-refractivity contribution is -0.384. The predicted octanol–water partition coefficient (Wildman–Crippen LogP) is 2.50. The number of nitro groups is 1. The lowest BCUT2D eigenvalue weighted by Crippen LogP contribution is -2.51. The molecule has 0 bridgehead atoms. The zero-order valence-electron chi connectivity index (χ0n) is 23.3. The Labute approximate surface area is 238 Å². The van der Waals surface area contributed by atoms with Crippen LogP contribution in [0.25, 0.3) is 5.57 Å². The van der Waals surface area contributed by atoms with Gasteiger partial charge in [0.25, 0.3) is 5.69 Å². The molecule has 1 heterocycles. The number of methoxy groups -OCH3 is 1. The summed E-state index contributed by atoms with van der Waals surface area (Å²) in [4.78, 5) is 37.1. The maximum atomic E-state index is 13.4. The molecule has 0 radical (unpaired) electrons. The Bertz CT molecular complexity index is 1320. The van der Waals surface area contributed by atoms with E-state index < -0.39 is 41.0 Å². The van der Waals surface area contributed by atoms with Gasteiger partial charge in [0.15, 0.2) is 0 Å². The molecular formula is C29H34N4O8. The molecule has 0 amide bonds. The highest BCUT2D eigenvalue weighted by Crippen LogP contribution is 2.37. The van der Waals surface area contributed by atoms with Crippen LogP contribution in [0.15, 0.2) is 54.1 Å². The Hall–Kier alpha value is -4.31. The first-order chi connectivity index (χ1) is 19.5. The minimum Gasteiger partial charge on any atom is -0.491 e. The van der Waals surface area contributed by atoms with E-state index in [9.17, 15) is 30.1 Å². The fourth-order valence-corrected chi connectivity index (χ4v) is 4.45. The highest BCUT2D eigenvalue weighted by atomic mass is 16.6. The summed E-state index contributed by atoms with van der Waals surface area (Å²) in [6.45, 7) is 6.01. The number of esters is 2. The molecule has 0 fully saturated rings. The van der Waals surface area contributed by atoms with Crippen molar-refractivity contribution in [1.29, 1.82) is 5.26 Å². The van der Waals surface area contributed by atoms with Crippen LogP contribution in [0.1, 0.15) is 31.9 Å². The number of nitrogens with one attached hydrogen (secondary N) is 2. The first-order valence-electron chi connectivity index (χ1n) is 13.1. The van der Waals surface area contributed by atoms with E-state index in [1.807, 2.05) is 19.9 Å². The fourth-order valence-electron chi connectivity index (χ4n) is 4.45. The van der Waals surface area contributed by atoms with Crippen LogP contribution in [0.2, 0.25) is 0 Å². The van der Waals surface area contributed by atoms with Gasteiger partial charge in [-0.2, -0.15) is 5.26 Å². The van der Waals surface area contributed by atoms with Gasteiger partial charge in [0.05, 0.1) is 23.7 Å². The third-order valence-corrected chi connectivity index (χ3v) is 6.48. The van der Waals surface area contributed by atoms with Crippen LogP contribution in [0.3, 0.4) is 0 Å². The zero-order valence-corrected chi connectivity index (χ0v) is 23.3. The minimum absolute atomic E-state index is 0.0661. The van der Waals surface area contributed by atoms with E-state index in [1.54, 1.807) is 31.2 Å². The lowest BCUT2D eigenvalue weighted by atomic mass is 9.78. The minimum atomic E-state index is -1.23. The van der Waals surface area contributed by atoms with Gasteiger partial charge in [0.2, 0.25) is 0 Å². The van der Waals surface area contributed by atoms with Crippen LogP contribution in [0.4, 0.5) is 5.69 Å².